The lowest BCUT2D eigenvalue weighted by Crippen LogP contribution is -1.94. The van der Waals surface area contributed by atoms with E-state index in [0.29, 0.717) is 13.2 Å². The van der Waals surface area contributed by atoms with Crippen molar-refractivity contribution in [2.75, 3.05) is 20.3 Å². The SMILES string of the molecule is C/C=C/CCc1ccc(-c2ccc(C)cc2)cc1.C=CCCOc1ccc(-c2ccc(C)cc2)cc1.C=CCCc1ccc(-c2ccc(C)cc2)cc1.CCCCCc1ccc(-c2ccc(C)cc2)cc1.CCCCCc1ccc(-c2ccc(CC)cc2)cc1.CCCCCc1ccc(-c2ccc(CCC)cc2)cc1.CCCCCc1ccc(-c2ccc(OC)cc2)cc1.CCCCCc1ccc(-c2ccc(OCC)cc2)cc1. The summed E-state index contributed by atoms with van der Waals surface area (Å²) >= 11 is 0. The second-order valence-corrected chi connectivity index (χ2v) is 39.2. The zero-order chi connectivity index (χ0) is 106. The first-order valence-corrected chi connectivity index (χ1v) is 56.0. The highest BCUT2D eigenvalue weighted by atomic mass is 16.5. The van der Waals surface area contributed by atoms with E-state index >= 15 is 0 Å². The first-order chi connectivity index (χ1) is 73.0. The molecule has 0 aromatic heterocycles. The number of aryl methyl sites for hydroxylation is 13. The highest BCUT2D eigenvalue weighted by Gasteiger charge is 2.10. The molecule has 0 spiro atoms. The lowest BCUT2D eigenvalue weighted by atomic mass is 10.00. The first kappa shape index (κ1) is 119. The summed E-state index contributed by atoms with van der Waals surface area (Å²) in [5.74, 6) is 2.75. The molecule has 0 saturated heterocycles. The Bertz CT molecular complexity index is 6040. The lowest BCUT2D eigenvalue weighted by Gasteiger charge is -2.06. The number of rotatable bonds is 44. The maximum absolute atomic E-state index is 5.59. The Balaban J connectivity index is 0.000000189. The van der Waals surface area contributed by atoms with Crippen molar-refractivity contribution >= 4 is 0 Å². The Morgan fingerprint density at radius 3 is 0.591 bits per heavy atom. The molecule has 149 heavy (non-hydrogen) atoms. The number of ether oxygens (including phenoxy) is 3. The second-order valence-electron chi connectivity index (χ2n) is 39.2. The minimum atomic E-state index is 0.688. The molecule has 0 aliphatic rings. The maximum Gasteiger partial charge on any atom is 0.119 e. The van der Waals surface area contributed by atoms with Crippen LogP contribution in [0.4, 0.5) is 0 Å². The Hall–Kier alpha value is -13.9. The van der Waals surface area contributed by atoms with Crippen LogP contribution in [0.2, 0.25) is 0 Å². The van der Waals surface area contributed by atoms with Crippen molar-refractivity contribution in [3.05, 3.63) is 498 Å². The number of hydrogen-bond acceptors (Lipinski definition) is 3. The van der Waals surface area contributed by atoms with Crippen molar-refractivity contribution in [1.29, 1.82) is 0 Å². The number of benzene rings is 16. The molecule has 0 bridgehead atoms. The Morgan fingerprint density at radius 1 is 0.195 bits per heavy atom. The minimum Gasteiger partial charge on any atom is -0.497 e. The Kier molecular flexibility index (Phi) is 56.5. The summed E-state index contributed by atoms with van der Waals surface area (Å²) < 4.78 is 16.2. The van der Waals surface area contributed by atoms with Crippen molar-refractivity contribution in [3.63, 3.8) is 0 Å². The van der Waals surface area contributed by atoms with E-state index in [4.69, 9.17) is 14.2 Å². The Morgan fingerprint density at radius 2 is 0.389 bits per heavy atom. The summed E-state index contributed by atoms with van der Waals surface area (Å²) in [6.45, 7) is 37.0. The number of methoxy groups -OCH3 is 1. The molecule has 0 radical (unpaired) electrons. The van der Waals surface area contributed by atoms with Crippen LogP contribution in [0.15, 0.2) is 426 Å². The summed E-state index contributed by atoms with van der Waals surface area (Å²) in [6.07, 6.45) is 42.5. The molecular formula is C146H174O3. The van der Waals surface area contributed by atoms with Crippen molar-refractivity contribution in [2.24, 2.45) is 0 Å². The van der Waals surface area contributed by atoms with Crippen molar-refractivity contribution in [2.45, 2.75) is 270 Å². The van der Waals surface area contributed by atoms with Crippen LogP contribution in [-0.4, -0.2) is 20.3 Å². The fourth-order valence-electron chi connectivity index (χ4n) is 17.4. The van der Waals surface area contributed by atoms with E-state index < -0.39 is 0 Å². The Labute approximate surface area is 902 Å². The van der Waals surface area contributed by atoms with Gasteiger partial charge >= 0.3 is 0 Å². The van der Waals surface area contributed by atoms with E-state index in [0.717, 1.165) is 55.8 Å². The van der Waals surface area contributed by atoms with Gasteiger partial charge in [-0.3, -0.25) is 0 Å². The number of unbranched alkanes of at least 4 members (excludes halogenated alkanes) is 10. The predicted molar refractivity (Wildman–Crippen MR) is 653 cm³/mol. The molecule has 3 heteroatoms. The summed E-state index contributed by atoms with van der Waals surface area (Å²) in [5, 5.41) is 0. The van der Waals surface area contributed by atoms with Gasteiger partial charge in [-0.05, 0) is 326 Å². The molecule has 776 valence electrons. The van der Waals surface area contributed by atoms with Gasteiger partial charge in [0, 0.05) is 0 Å². The summed E-state index contributed by atoms with van der Waals surface area (Å²) in [4.78, 5) is 0. The molecule has 16 rings (SSSR count). The monoisotopic (exact) mass is 1980 g/mol. The molecule has 16 aromatic carbocycles. The van der Waals surface area contributed by atoms with Crippen LogP contribution in [0.5, 0.6) is 17.2 Å². The van der Waals surface area contributed by atoms with Gasteiger partial charge in [0.25, 0.3) is 0 Å². The summed E-state index contributed by atoms with van der Waals surface area (Å²) in [5.41, 5.74) is 38.6. The predicted octanol–water partition coefficient (Wildman–Crippen LogP) is 42.2. The van der Waals surface area contributed by atoms with Crippen LogP contribution in [0.3, 0.4) is 0 Å². The van der Waals surface area contributed by atoms with Crippen LogP contribution in [0.1, 0.15) is 257 Å². The normalized spacial score (nSPS) is 10.5. The van der Waals surface area contributed by atoms with Crippen LogP contribution in [-0.2, 0) is 57.8 Å². The molecule has 16 aromatic rings. The molecule has 0 saturated carbocycles. The fraction of sp³-hybridized carbons (Fsp3) is 0.301. The first-order valence-electron chi connectivity index (χ1n) is 56.0. The van der Waals surface area contributed by atoms with E-state index in [1.807, 2.05) is 55.5 Å². The topological polar surface area (TPSA) is 27.7 Å². The molecule has 0 atom stereocenters. The van der Waals surface area contributed by atoms with Gasteiger partial charge < -0.3 is 14.2 Å². The molecule has 0 amide bonds. The van der Waals surface area contributed by atoms with Gasteiger partial charge in [0.05, 0.1) is 20.3 Å². The average molecular weight is 1980 g/mol. The molecule has 0 fully saturated rings. The zero-order valence-corrected chi connectivity index (χ0v) is 93.1. The van der Waals surface area contributed by atoms with E-state index in [1.165, 1.54) is 303 Å². The highest BCUT2D eigenvalue weighted by Crippen LogP contribution is 2.32. The summed E-state index contributed by atoms with van der Waals surface area (Å²) in [7, 11) is 1.69. The molecule has 0 aliphatic carbocycles. The van der Waals surface area contributed by atoms with Crippen molar-refractivity contribution in [3.8, 4) is 106 Å². The fourth-order valence-corrected chi connectivity index (χ4v) is 17.4. The van der Waals surface area contributed by atoms with Gasteiger partial charge in [-0.2, -0.15) is 0 Å². The van der Waals surface area contributed by atoms with Crippen LogP contribution < -0.4 is 14.2 Å². The van der Waals surface area contributed by atoms with Crippen LogP contribution in [0, 0.1) is 27.7 Å². The molecule has 3 nitrogen and oxygen atoms in total. The van der Waals surface area contributed by atoms with Crippen molar-refractivity contribution in [1.82, 2.24) is 0 Å². The summed E-state index contributed by atoms with van der Waals surface area (Å²) in [6, 6.07) is 140. The van der Waals surface area contributed by atoms with Gasteiger partial charge in [0.1, 0.15) is 17.2 Å². The molecular weight excluding hydrogens is 1800 g/mol. The largest absolute Gasteiger partial charge is 0.497 e. The van der Waals surface area contributed by atoms with Gasteiger partial charge in [-0.15, -0.1) is 13.2 Å². The lowest BCUT2D eigenvalue weighted by molar-refractivity contribution is 0.325. The quantitative estimate of drug-likeness (QED) is 0.0281. The molecule has 0 heterocycles. The van der Waals surface area contributed by atoms with Crippen molar-refractivity contribution < 1.29 is 14.2 Å². The third-order valence-corrected chi connectivity index (χ3v) is 26.9. The zero-order valence-electron chi connectivity index (χ0n) is 93.1. The average Bonchev–Trinajstić information content (AvgIpc) is 0.937. The van der Waals surface area contributed by atoms with Gasteiger partial charge in [0.2, 0.25) is 0 Å². The standard InChI is InChI=1S/C20H26.C19H24O.C19H24.C18H22O.C18H22.C18H20.C17H18O.C17H18/c1-3-5-6-8-18-11-15-20(16-12-18)19-13-9-17(7-4-2)10-14-19;1-3-5-6-7-16-8-10-17(11-9-16)18-12-14-19(15-13-18)20-4-2;1-3-5-6-7-17-10-14-19(15-11-17)18-12-8-16(4-2)9-13-18;1-3-4-5-6-15-7-9-16(10-8-15)17-11-13-18(19-2)14-12-17;2*1-3-4-5-6-16-9-13-18(14-10-16)17-11-7-15(2)8-12-17;1-3-4-13-18-17-11-9-16(10-12-17)15-7-5-14(2)6-8-15;1-3-4-5-15-8-12-17(13-9-15)16-10-6-14(2)7-11-16/h9-16H,3-8H2,1-2H3;8-15H,3-7H2,1-2H3;8-15H,3-7H2,1-2H3;7-14H,3-6H2,1-2H3;7-14H,3-6H2,1-2H3;3-4,7-14H,5-6H2,1-2H3;3,5-12H,1,4,13H2,2H3;3,6-13H,1,4-5H2,2H3/b;;;;;4-3+;;. The smallest absolute Gasteiger partial charge is 0.119 e. The maximum atomic E-state index is 5.59. The number of allylic oxidation sites excluding steroid dienone is 3. The number of hydrogen-bond donors (Lipinski definition) is 0. The molecule has 0 unspecified atom stereocenters. The van der Waals surface area contributed by atoms with Crippen LogP contribution in [0.25, 0.3) is 89.0 Å². The van der Waals surface area contributed by atoms with E-state index in [9.17, 15) is 0 Å². The van der Waals surface area contributed by atoms with Gasteiger partial charge in [0.15, 0.2) is 0 Å². The van der Waals surface area contributed by atoms with Gasteiger partial charge in [-0.25, -0.2) is 0 Å². The van der Waals surface area contributed by atoms with Crippen LogP contribution >= 0.6 is 0 Å². The van der Waals surface area contributed by atoms with Gasteiger partial charge in [-0.1, -0.05) is 518 Å². The van der Waals surface area contributed by atoms with E-state index in [-0.39, 0.29) is 0 Å². The third kappa shape index (κ3) is 45.4. The second kappa shape index (κ2) is 70.9. The highest BCUT2D eigenvalue weighted by molar-refractivity contribution is 5.71. The molecule has 0 aliphatic heterocycles. The molecule has 0 N–H and O–H groups in total. The van der Waals surface area contributed by atoms with E-state index in [1.54, 1.807) is 7.11 Å². The minimum absolute atomic E-state index is 0.688. The third-order valence-electron chi connectivity index (χ3n) is 26.9. The van der Waals surface area contributed by atoms with E-state index in [2.05, 4.69) is 460 Å².